The van der Waals surface area contributed by atoms with Crippen molar-refractivity contribution in [2.45, 2.75) is 6.42 Å². The molecule has 0 unspecified atom stereocenters. The minimum Gasteiger partial charge on any atom is -0.459 e. The lowest BCUT2D eigenvalue weighted by Gasteiger charge is -2.06. The third-order valence-electron chi connectivity index (χ3n) is 2.70. The third-order valence-corrected chi connectivity index (χ3v) is 2.70. The van der Waals surface area contributed by atoms with Crippen molar-refractivity contribution in [2.24, 2.45) is 0 Å². The number of nitro groups is 1. The van der Waals surface area contributed by atoms with Gasteiger partial charge in [-0.2, -0.15) is 0 Å². The number of halogens is 1. The first-order valence-corrected chi connectivity index (χ1v) is 6.43. The van der Waals surface area contributed by atoms with Crippen LogP contribution in [-0.4, -0.2) is 23.3 Å². The first-order chi connectivity index (χ1) is 11.0. The predicted molar refractivity (Wildman–Crippen MR) is 74.3 cm³/mol. The maximum Gasteiger partial charge on any atom is 0.313 e. The van der Waals surface area contributed by atoms with Crippen molar-refractivity contribution in [3.05, 3.63) is 58.3 Å². The minimum absolute atomic E-state index is 0.0680. The zero-order valence-electron chi connectivity index (χ0n) is 11.7. The molecule has 23 heavy (non-hydrogen) atoms. The molecule has 0 fully saturated rings. The molecule has 0 aliphatic carbocycles. The summed E-state index contributed by atoms with van der Waals surface area (Å²) < 4.78 is 22.7. The van der Waals surface area contributed by atoms with E-state index in [2.05, 4.69) is 5.32 Å². The Kier molecular flexibility index (Phi) is 5.03. The van der Waals surface area contributed by atoms with Crippen molar-refractivity contribution in [3.8, 4) is 5.75 Å². The Morgan fingerprint density at radius 2 is 2.13 bits per heavy atom. The van der Waals surface area contributed by atoms with Gasteiger partial charge in [-0.15, -0.1) is 0 Å². The minimum atomic E-state index is -0.849. The zero-order chi connectivity index (χ0) is 16.8. The number of carbonyl (C=O) groups is 2. The van der Waals surface area contributed by atoms with E-state index < -0.39 is 34.1 Å². The van der Waals surface area contributed by atoms with Crippen molar-refractivity contribution < 1.29 is 28.1 Å². The van der Waals surface area contributed by atoms with Gasteiger partial charge in [-0.25, -0.2) is 4.39 Å². The predicted octanol–water partition coefficient (Wildman–Crippen LogP) is 2.05. The highest BCUT2D eigenvalue weighted by Gasteiger charge is 2.19. The summed E-state index contributed by atoms with van der Waals surface area (Å²) in [6.07, 6.45) is 1.08. The van der Waals surface area contributed by atoms with Crippen LogP contribution in [0.25, 0.3) is 0 Å². The van der Waals surface area contributed by atoms with Crippen LogP contribution in [0.4, 0.5) is 10.1 Å². The van der Waals surface area contributed by atoms with Gasteiger partial charge in [0, 0.05) is 18.7 Å². The van der Waals surface area contributed by atoms with Crippen LogP contribution in [0.2, 0.25) is 0 Å². The molecular formula is C14H11FN2O6. The van der Waals surface area contributed by atoms with Crippen LogP contribution in [0, 0.1) is 15.9 Å². The van der Waals surface area contributed by atoms with Gasteiger partial charge in [-0.1, -0.05) is 0 Å². The number of carbonyl (C=O) groups excluding carboxylic acids is 2. The highest BCUT2D eigenvalue weighted by Crippen LogP contribution is 2.27. The Balaban J connectivity index is 1.89. The fraction of sp³-hybridized carbons (Fsp3) is 0.143. The number of furan rings is 1. The molecule has 0 aliphatic rings. The Morgan fingerprint density at radius 3 is 2.78 bits per heavy atom. The molecule has 8 nitrogen and oxygen atoms in total. The number of hydrogen-bond acceptors (Lipinski definition) is 6. The molecule has 2 aromatic rings. The Bertz CT molecular complexity index is 729. The molecule has 0 bridgehead atoms. The third kappa shape index (κ3) is 4.37. The van der Waals surface area contributed by atoms with E-state index in [9.17, 15) is 24.1 Å². The van der Waals surface area contributed by atoms with Crippen LogP contribution in [0.3, 0.4) is 0 Å². The molecule has 9 heteroatoms. The standard InChI is InChI=1S/C14H11FN2O6/c15-9-3-4-10(17(20)21)12(8-9)23-13(18)5-6-16-14(19)11-2-1-7-22-11/h1-4,7-8H,5-6H2,(H,16,19). The van der Waals surface area contributed by atoms with Crippen molar-refractivity contribution >= 4 is 17.6 Å². The van der Waals surface area contributed by atoms with Crippen molar-refractivity contribution in [2.75, 3.05) is 6.54 Å². The average Bonchev–Trinajstić information content (AvgIpc) is 3.01. The number of rotatable bonds is 6. The summed E-state index contributed by atoms with van der Waals surface area (Å²) in [6, 6.07) is 5.52. The molecule has 0 aliphatic heterocycles. The van der Waals surface area contributed by atoms with Crippen LogP contribution in [-0.2, 0) is 4.79 Å². The summed E-state index contributed by atoms with van der Waals surface area (Å²) in [7, 11) is 0. The lowest BCUT2D eigenvalue weighted by Crippen LogP contribution is -2.26. The van der Waals surface area contributed by atoms with E-state index in [4.69, 9.17) is 9.15 Å². The van der Waals surface area contributed by atoms with Crippen LogP contribution in [0.5, 0.6) is 5.75 Å². The van der Waals surface area contributed by atoms with Crippen LogP contribution >= 0.6 is 0 Å². The summed E-state index contributed by atoms with van der Waals surface area (Å²) in [6.45, 7) is -0.0680. The number of nitrogens with zero attached hydrogens (tertiary/aromatic N) is 1. The summed E-state index contributed by atoms with van der Waals surface area (Å²) in [5.74, 6) is -2.54. The summed E-state index contributed by atoms with van der Waals surface area (Å²) in [4.78, 5) is 33.1. The quantitative estimate of drug-likeness (QED) is 0.377. The number of esters is 1. The first-order valence-electron chi connectivity index (χ1n) is 6.43. The van der Waals surface area contributed by atoms with Gasteiger partial charge in [0.2, 0.25) is 5.75 Å². The normalized spacial score (nSPS) is 10.1. The van der Waals surface area contributed by atoms with E-state index >= 15 is 0 Å². The number of ether oxygens (including phenoxy) is 1. The zero-order valence-corrected chi connectivity index (χ0v) is 11.7. The maximum atomic E-state index is 13.1. The summed E-state index contributed by atoms with van der Waals surface area (Å²) in [5.41, 5.74) is -0.528. The van der Waals surface area contributed by atoms with Crippen molar-refractivity contribution in [3.63, 3.8) is 0 Å². The smallest absolute Gasteiger partial charge is 0.313 e. The van der Waals surface area contributed by atoms with Crippen LogP contribution in [0.1, 0.15) is 17.0 Å². The Morgan fingerprint density at radius 1 is 1.35 bits per heavy atom. The summed E-state index contributed by atoms with van der Waals surface area (Å²) >= 11 is 0. The Hall–Kier alpha value is -3.23. The van der Waals surface area contributed by atoms with Gasteiger partial charge in [0.05, 0.1) is 17.6 Å². The van der Waals surface area contributed by atoms with Crippen LogP contribution in [0.15, 0.2) is 41.0 Å². The molecule has 0 spiro atoms. The summed E-state index contributed by atoms with van der Waals surface area (Å²) in [5, 5.41) is 13.2. The van der Waals surface area contributed by atoms with Gasteiger partial charge in [0.25, 0.3) is 5.91 Å². The van der Waals surface area contributed by atoms with Crippen molar-refractivity contribution in [1.29, 1.82) is 0 Å². The van der Waals surface area contributed by atoms with Gasteiger partial charge in [0.1, 0.15) is 5.82 Å². The first kappa shape index (κ1) is 16.1. The average molecular weight is 322 g/mol. The largest absolute Gasteiger partial charge is 0.459 e. The van der Waals surface area contributed by atoms with E-state index in [1.54, 1.807) is 0 Å². The fourth-order valence-electron chi connectivity index (χ4n) is 1.67. The Labute approximate surface area is 129 Å². The van der Waals surface area contributed by atoms with Gasteiger partial charge in [-0.05, 0) is 18.2 Å². The maximum absolute atomic E-state index is 13.1. The molecule has 1 aromatic heterocycles. The molecule has 1 amide bonds. The molecule has 0 saturated carbocycles. The monoisotopic (exact) mass is 322 g/mol. The van der Waals surface area contributed by atoms with E-state index in [0.717, 1.165) is 18.2 Å². The van der Waals surface area contributed by atoms with Gasteiger partial charge in [-0.3, -0.25) is 19.7 Å². The number of benzene rings is 1. The van der Waals surface area contributed by atoms with E-state index in [1.165, 1.54) is 18.4 Å². The number of amides is 1. The molecular weight excluding hydrogens is 311 g/mol. The highest BCUT2D eigenvalue weighted by molar-refractivity contribution is 5.91. The molecule has 1 N–H and O–H groups in total. The van der Waals surface area contributed by atoms with Gasteiger partial charge < -0.3 is 14.5 Å². The van der Waals surface area contributed by atoms with Gasteiger partial charge in [0.15, 0.2) is 5.76 Å². The second kappa shape index (κ2) is 7.16. The molecule has 1 aromatic carbocycles. The topological polar surface area (TPSA) is 112 Å². The van der Waals surface area contributed by atoms with Crippen LogP contribution < -0.4 is 10.1 Å². The van der Waals surface area contributed by atoms with E-state index in [1.807, 2.05) is 0 Å². The van der Waals surface area contributed by atoms with Crippen molar-refractivity contribution in [1.82, 2.24) is 5.32 Å². The highest BCUT2D eigenvalue weighted by atomic mass is 19.1. The SMILES string of the molecule is O=C(CCNC(=O)c1ccco1)Oc1cc(F)ccc1[N+](=O)[O-]. The fourth-order valence-corrected chi connectivity index (χ4v) is 1.67. The number of nitrogens with one attached hydrogen (secondary N) is 1. The molecule has 2 rings (SSSR count). The second-order valence-corrected chi connectivity index (χ2v) is 4.33. The molecule has 0 atom stereocenters. The van der Waals surface area contributed by atoms with Gasteiger partial charge >= 0.3 is 11.7 Å². The molecule has 1 heterocycles. The lowest BCUT2D eigenvalue weighted by molar-refractivity contribution is -0.385. The molecule has 0 saturated heterocycles. The number of nitro benzene ring substituents is 1. The lowest BCUT2D eigenvalue weighted by atomic mass is 10.3. The molecule has 0 radical (unpaired) electrons. The number of hydrogen-bond donors (Lipinski definition) is 1. The second-order valence-electron chi connectivity index (χ2n) is 4.33. The van der Waals surface area contributed by atoms with E-state index in [0.29, 0.717) is 0 Å². The molecule has 120 valence electrons. The van der Waals surface area contributed by atoms with E-state index in [-0.39, 0.29) is 18.7 Å².